The molecule has 0 aromatic rings. The molecule has 0 saturated carbocycles. The maximum Gasteiger partial charge on any atom is 0.472 e. The van der Waals surface area contributed by atoms with E-state index < -0.39 is 51.1 Å². The number of ether oxygens (including phenoxy) is 2. The Labute approximate surface area is 352 Å². The van der Waals surface area contributed by atoms with Gasteiger partial charge < -0.3 is 25.2 Å². The number of phosphoric acid groups is 1. The van der Waals surface area contributed by atoms with Crippen LogP contribution in [0.3, 0.4) is 0 Å². The number of rotatable bonds is 42. The second-order valence-electron chi connectivity index (χ2n) is 15.2. The number of hydrogen-bond donors (Lipinski definition) is 3. The maximum atomic E-state index is 12.6. The van der Waals surface area contributed by atoms with Gasteiger partial charge in [0, 0.05) is 12.8 Å². The minimum atomic E-state index is -4.73. The number of esters is 2. The van der Waals surface area contributed by atoms with Crippen LogP contribution in [0.5, 0.6) is 0 Å². The highest BCUT2D eigenvalue weighted by atomic mass is 31.2. The summed E-state index contributed by atoms with van der Waals surface area (Å²) >= 11 is 0. The largest absolute Gasteiger partial charge is 0.480 e. The summed E-state index contributed by atoms with van der Waals surface area (Å²) in [6.45, 7) is 2.74. The molecule has 0 spiro atoms. The third kappa shape index (κ3) is 40.2. The normalized spacial score (nSPS) is 14.1. The van der Waals surface area contributed by atoms with E-state index in [0.717, 1.165) is 38.5 Å². The summed E-state index contributed by atoms with van der Waals surface area (Å²) < 4.78 is 32.7. The topological polar surface area (TPSA) is 172 Å². The fourth-order valence-corrected chi connectivity index (χ4v) is 6.74. The highest BCUT2D eigenvalue weighted by molar-refractivity contribution is 7.47. The Morgan fingerprint density at radius 1 is 0.534 bits per heavy atom. The van der Waals surface area contributed by atoms with Gasteiger partial charge in [0.05, 0.1) is 13.2 Å². The van der Waals surface area contributed by atoms with E-state index in [0.29, 0.717) is 19.3 Å². The van der Waals surface area contributed by atoms with E-state index in [1.807, 2.05) is 6.08 Å². The number of aliphatic carboxylic acids is 1. The van der Waals surface area contributed by atoms with E-state index in [2.05, 4.69) is 60.9 Å². The summed E-state index contributed by atoms with van der Waals surface area (Å²) in [6, 6.07) is -1.53. The smallest absolute Gasteiger partial charge is 0.472 e. The molecule has 0 aliphatic heterocycles. The number of phosphoric ester groups is 1. The van der Waals surface area contributed by atoms with E-state index >= 15 is 0 Å². The van der Waals surface area contributed by atoms with Crippen molar-refractivity contribution in [2.75, 3.05) is 19.8 Å². The standard InChI is InChI=1S/C46H82NO10P/c1-3-5-7-9-11-13-15-17-19-21-23-25-27-29-31-33-35-37-44(48)54-39-42(40-55-58(52,53)56-41-43(47)46(50)51)57-45(49)38-36-34-32-30-28-26-24-22-20-18-16-14-12-10-8-6-4-2/h14,16-17,19,23,25,29,31,42-43H,3-13,15,18,20-22,24,26-28,30,32-41,47H2,1-2H3,(H,50,51)(H,52,53)/b16-14+,19-17+,25-23+,31-29+/t42-,43+/m1/s1. The zero-order valence-electron chi connectivity index (χ0n) is 36.4. The Morgan fingerprint density at radius 3 is 1.45 bits per heavy atom. The summed E-state index contributed by atoms with van der Waals surface area (Å²) in [5.41, 5.74) is 5.33. The summed E-state index contributed by atoms with van der Waals surface area (Å²) in [5, 5.41) is 8.89. The van der Waals surface area contributed by atoms with E-state index in [1.54, 1.807) is 0 Å². The monoisotopic (exact) mass is 840 g/mol. The van der Waals surface area contributed by atoms with Gasteiger partial charge in [-0.05, 0) is 70.6 Å². The number of allylic oxidation sites excluding steroid dienone is 8. The molecule has 58 heavy (non-hydrogen) atoms. The number of nitrogens with two attached hydrogens (primary N) is 1. The van der Waals surface area contributed by atoms with Crippen LogP contribution >= 0.6 is 7.82 Å². The number of carboxylic acid groups (broad SMARTS) is 1. The van der Waals surface area contributed by atoms with Gasteiger partial charge in [-0.3, -0.25) is 23.4 Å². The molecule has 4 N–H and O–H groups in total. The van der Waals surface area contributed by atoms with Crippen LogP contribution in [-0.2, 0) is 37.5 Å². The van der Waals surface area contributed by atoms with Crippen LogP contribution in [0.2, 0.25) is 0 Å². The predicted molar refractivity (Wildman–Crippen MR) is 235 cm³/mol. The molecule has 0 saturated heterocycles. The first-order chi connectivity index (χ1) is 28.1. The van der Waals surface area contributed by atoms with Crippen molar-refractivity contribution in [3.63, 3.8) is 0 Å². The van der Waals surface area contributed by atoms with Crippen LogP contribution in [0.25, 0.3) is 0 Å². The molecule has 0 aliphatic rings. The van der Waals surface area contributed by atoms with Crippen LogP contribution in [0.1, 0.15) is 194 Å². The first kappa shape index (κ1) is 55.4. The average Bonchev–Trinajstić information content (AvgIpc) is 3.20. The first-order valence-corrected chi connectivity index (χ1v) is 24.2. The van der Waals surface area contributed by atoms with E-state index in [9.17, 15) is 23.8 Å². The second-order valence-corrected chi connectivity index (χ2v) is 16.6. The van der Waals surface area contributed by atoms with Crippen molar-refractivity contribution < 1.29 is 47.5 Å². The SMILES string of the molecule is CCCCCC/C=C/CCCCCCCCCCCC(=O)O[C@H](COC(=O)CCC/C=C/C/C=C/C/C=C/CCCCCCCC)COP(=O)(O)OC[C@H](N)C(=O)O. The molecular weight excluding hydrogens is 757 g/mol. The number of carboxylic acids is 1. The molecule has 0 rings (SSSR count). The molecule has 0 aliphatic carbocycles. The fourth-order valence-electron chi connectivity index (χ4n) is 5.96. The zero-order chi connectivity index (χ0) is 42.8. The number of carbonyl (C=O) groups excluding carboxylic acids is 2. The quantitative estimate of drug-likeness (QED) is 0.0231. The predicted octanol–water partition coefficient (Wildman–Crippen LogP) is 12.2. The molecule has 12 heteroatoms. The molecule has 336 valence electrons. The molecule has 1 unspecified atom stereocenters. The lowest BCUT2D eigenvalue weighted by molar-refractivity contribution is -0.161. The molecule has 0 amide bonds. The lowest BCUT2D eigenvalue weighted by Gasteiger charge is -2.20. The van der Waals surface area contributed by atoms with Crippen molar-refractivity contribution >= 4 is 25.7 Å². The zero-order valence-corrected chi connectivity index (χ0v) is 37.3. The van der Waals surface area contributed by atoms with Gasteiger partial charge in [-0.2, -0.15) is 0 Å². The second kappa shape index (κ2) is 41.2. The van der Waals surface area contributed by atoms with Crippen LogP contribution in [0, 0.1) is 0 Å². The Hall–Kier alpha value is -2.56. The number of hydrogen-bond acceptors (Lipinski definition) is 9. The van der Waals surface area contributed by atoms with Crippen LogP contribution < -0.4 is 5.73 Å². The molecule has 0 radical (unpaired) electrons. The van der Waals surface area contributed by atoms with Crippen LogP contribution in [0.15, 0.2) is 48.6 Å². The van der Waals surface area contributed by atoms with Crippen LogP contribution in [-0.4, -0.2) is 59.9 Å². The van der Waals surface area contributed by atoms with Gasteiger partial charge in [0.2, 0.25) is 0 Å². The lowest BCUT2D eigenvalue weighted by Crippen LogP contribution is -2.34. The maximum absolute atomic E-state index is 12.6. The molecule has 0 bridgehead atoms. The average molecular weight is 840 g/mol. The van der Waals surface area contributed by atoms with Crippen molar-refractivity contribution in [1.82, 2.24) is 0 Å². The van der Waals surface area contributed by atoms with E-state index in [4.69, 9.17) is 24.8 Å². The lowest BCUT2D eigenvalue weighted by atomic mass is 10.1. The summed E-state index contributed by atoms with van der Waals surface area (Å²) in [4.78, 5) is 46.0. The van der Waals surface area contributed by atoms with Crippen molar-refractivity contribution in [2.45, 2.75) is 206 Å². The van der Waals surface area contributed by atoms with E-state index in [1.165, 1.54) is 109 Å². The Balaban J connectivity index is 4.42. The Bertz CT molecular complexity index is 1170. The summed E-state index contributed by atoms with van der Waals surface area (Å²) in [5.74, 6) is -2.45. The van der Waals surface area contributed by atoms with Gasteiger partial charge in [0.1, 0.15) is 12.6 Å². The van der Waals surface area contributed by atoms with Gasteiger partial charge in [0.15, 0.2) is 6.10 Å². The number of unbranched alkanes of at least 4 members (excludes halogenated alkanes) is 20. The van der Waals surface area contributed by atoms with Gasteiger partial charge in [-0.1, -0.05) is 159 Å². The molecule has 0 aromatic carbocycles. The van der Waals surface area contributed by atoms with E-state index in [-0.39, 0.29) is 19.4 Å². The fraction of sp³-hybridized carbons (Fsp3) is 0.761. The van der Waals surface area contributed by atoms with Crippen molar-refractivity contribution in [3.05, 3.63) is 48.6 Å². The first-order valence-electron chi connectivity index (χ1n) is 22.7. The molecule has 0 fully saturated rings. The molecule has 0 heterocycles. The van der Waals surface area contributed by atoms with Gasteiger partial charge >= 0.3 is 25.7 Å². The Morgan fingerprint density at radius 2 is 0.931 bits per heavy atom. The van der Waals surface area contributed by atoms with Crippen molar-refractivity contribution in [2.24, 2.45) is 5.73 Å². The molecule has 3 atom stereocenters. The molecule has 0 aromatic heterocycles. The number of carbonyl (C=O) groups is 3. The van der Waals surface area contributed by atoms with Crippen LogP contribution in [0.4, 0.5) is 0 Å². The van der Waals surface area contributed by atoms with Gasteiger partial charge in [0.25, 0.3) is 0 Å². The summed E-state index contributed by atoms with van der Waals surface area (Å²) in [7, 11) is -4.73. The third-order valence-corrected chi connectivity index (χ3v) is 10.5. The summed E-state index contributed by atoms with van der Waals surface area (Å²) in [6.07, 6.45) is 46.1. The minimum absolute atomic E-state index is 0.148. The Kier molecular flexibility index (Phi) is 39.4. The van der Waals surface area contributed by atoms with Gasteiger partial charge in [-0.25, -0.2) is 4.57 Å². The molecular formula is C46H82NO10P. The van der Waals surface area contributed by atoms with Crippen molar-refractivity contribution in [3.8, 4) is 0 Å². The van der Waals surface area contributed by atoms with Crippen molar-refractivity contribution in [1.29, 1.82) is 0 Å². The third-order valence-electron chi connectivity index (χ3n) is 9.55. The minimum Gasteiger partial charge on any atom is -0.480 e. The highest BCUT2D eigenvalue weighted by Crippen LogP contribution is 2.43. The molecule has 11 nitrogen and oxygen atoms in total. The van der Waals surface area contributed by atoms with Gasteiger partial charge in [-0.15, -0.1) is 0 Å². The highest BCUT2D eigenvalue weighted by Gasteiger charge is 2.28.